The summed E-state index contributed by atoms with van der Waals surface area (Å²) in [6.07, 6.45) is -5.64. The molecule has 0 aliphatic carbocycles. The fraction of sp³-hybridized carbons (Fsp3) is 0.200. The largest absolute Gasteiger partial charge is 0.478 e. The molecular weight excluding hydrogens is 387 g/mol. The number of carboxylic acids is 1. The van der Waals surface area contributed by atoms with Gasteiger partial charge in [0.05, 0.1) is 23.6 Å². The molecule has 1 atom stereocenters. The number of hydrogen-bond acceptors (Lipinski definition) is 3. The zero-order valence-corrected chi connectivity index (χ0v) is 15.2. The number of aryl methyl sites for hydroxylation is 1. The van der Waals surface area contributed by atoms with Crippen molar-refractivity contribution in [3.63, 3.8) is 0 Å². The average Bonchev–Trinajstić information content (AvgIpc) is 3.14. The Morgan fingerprint density at radius 2 is 1.83 bits per heavy atom. The number of nitrogens with zero attached hydrogens (tertiary/aromatic N) is 3. The Bertz CT molecular complexity index is 1220. The van der Waals surface area contributed by atoms with E-state index in [0.717, 1.165) is 10.9 Å². The fourth-order valence-corrected chi connectivity index (χ4v) is 3.47. The molecule has 1 unspecified atom stereocenters. The maximum absolute atomic E-state index is 12.5. The van der Waals surface area contributed by atoms with E-state index < -0.39 is 24.7 Å². The maximum atomic E-state index is 12.5. The van der Waals surface area contributed by atoms with Gasteiger partial charge < -0.3 is 10.2 Å². The standard InChI is InChI=1S/C20H16F3N3O3/c1-25-10-15-14-8-12(19(28)29)4-7-16(14)26(18(15)24-25)13-5-2-11(3-6-13)17(27)9-20(21,22)23/h2-8,10,17,27H,9H2,1H3,(H,28,29). The second kappa shape index (κ2) is 6.63. The average molecular weight is 403 g/mol. The van der Waals surface area contributed by atoms with E-state index >= 15 is 0 Å². The highest BCUT2D eigenvalue weighted by Crippen LogP contribution is 2.33. The molecule has 4 rings (SSSR count). The molecule has 0 fully saturated rings. The molecule has 0 spiro atoms. The minimum absolute atomic E-state index is 0.144. The van der Waals surface area contributed by atoms with Crippen LogP contribution in [0.3, 0.4) is 0 Å². The molecule has 0 amide bonds. The van der Waals surface area contributed by atoms with Gasteiger partial charge in [-0.1, -0.05) is 12.1 Å². The predicted molar refractivity (Wildman–Crippen MR) is 100 cm³/mol. The van der Waals surface area contributed by atoms with Crippen molar-refractivity contribution in [3.05, 3.63) is 59.8 Å². The summed E-state index contributed by atoms with van der Waals surface area (Å²) in [5.74, 6) is -1.04. The van der Waals surface area contributed by atoms with Gasteiger partial charge in [-0.05, 0) is 35.9 Å². The summed E-state index contributed by atoms with van der Waals surface area (Å²) in [7, 11) is 1.74. The molecule has 2 N–H and O–H groups in total. The number of halogens is 3. The van der Waals surface area contributed by atoms with Crippen LogP contribution in [0.25, 0.3) is 27.6 Å². The van der Waals surface area contributed by atoms with Crippen LogP contribution in [-0.4, -0.2) is 36.7 Å². The molecule has 2 aromatic heterocycles. The van der Waals surface area contributed by atoms with Crippen molar-refractivity contribution in [2.75, 3.05) is 0 Å². The molecule has 0 saturated carbocycles. The van der Waals surface area contributed by atoms with Crippen molar-refractivity contribution in [1.82, 2.24) is 14.3 Å². The van der Waals surface area contributed by atoms with E-state index in [1.807, 2.05) is 0 Å². The third kappa shape index (κ3) is 3.44. The molecule has 0 saturated heterocycles. The van der Waals surface area contributed by atoms with Gasteiger partial charge in [0.15, 0.2) is 5.65 Å². The number of aliphatic hydroxyl groups is 1. The van der Waals surface area contributed by atoms with Crippen LogP contribution in [0.15, 0.2) is 48.7 Å². The van der Waals surface area contributed by atoms with Gasteiger partial charge in [-0.3, -0.25) is 9.25 Å². The third-order valence-electron chi connectivity index (χ3n) is 4.76. The summed E-state index contributed by atoms with van der Waals surface area (Å²) < 4.78 is 41.0. The Morgan fingerprint density at radius 1 is 1.14 bits per heavy atom. The first-order valence-electron chi connectivity index (χ1n) is 8.70. The van der Waals surface area contributed by atoms with E-state index in [-0.39, 0.29) is 11.1 Å². The van der Waals surface area contributed by atoms with Crippen LogP contribution in [0.4, 0.5) is 13.2 Å². The second-order valence-electron chi connectivity index (χ2n) is 6.84. The number of hydrogen-bond donors (Lipinski definition) is 2. The molecule has 0 radical (unpaired) electrons. The first-order valence-corrected chi connectivity index (χ1v) is 8.70. The normalized spacial score (nSPS) is 13.3. The summed E-state index contributed by atoms with van der Waals surface area (Å²) in [6, 6.07) is 10.8. The minimum Gasteiger partial charge on any atom is -0.478 e. The fourth-order valence-electron chi connectivity index (χ4n) is 3.47. The number of alkyl halides is 3. The Labute approximate surface area is 162 Å². The monoisotopic (exact) mass is 403 g/mol. The van der Waals surface area contributed by atoms with Gasteiger partial charge in [0.2, 0.25) is 0 Å². The number of benzene rings is 2. The summed E-state index contributed by atoms with van der Waals surface area (Å²) in [6.45, 7) is 0. The highest BCUT2D eigenvalue weighted by molar-refractivity contribution is 6.09. The Balaban J connectivity index is 1.83. The Hall–Kier alpha value is -3.33. The summed E-state index contributed by atoms with van der Waals surface area (Å²) in [5.41, 5.74) is 2.25. The number of aromatic carboxylic acids is 1. The quantitative estimate of drug-likeness (QED) is 0.535. The van der Waals surface area contributed by atoms with Gasteiger partial charge in [-0.2, -0.15) is 18.3 Å². The van der Waals surface area contributed by atoms with Gasteiger partial charge in [-0.15, -0.1) is 0 Å². The molecule has 29 heavy (non-hydrogen) atoms. The number of carbonyl (C=O) groups is 1. The first kappa shape index (κ1) is 19.0. The topological polar surface area (TPSA) is 80.3 Å². The second-order valence-corrected chi connectivity index (χ2v) is 6.84. The lowest BCUT2D eigenvalue weighted by atomic mass is 10.1. The number of aromatic nitrogens is 3. The number of carboxylic acid groups (broad SMARTS) is 1. The van der Waals surface area contributed by atoms with Gasteiger partial charge >= 0.3 is 12.1 Å². The van der Waals surface area contributed by atoms with E-state index in [4.69, 9.17) is 0 Å². The van der Waals surface area contributed by atoms with Crippen molar-refractivity contribution in [2.24, 2.45) is 7.05 Å². The number of fused-ring (bicyclic) bond motifs is 3. The molecular formula is C20H16F3N3O3. The summed E-state index contributed by atoms with van der Waals surface area (Å²) in [4.78, 5) is 11.3. The lowest BCUT2D eigenvalue weighted by Crippen LogP contribution is -2.13. The van der Waals surface area contributed by atoms with Crippen LogP contribution in [0.1, 0.15) is 28.4 Å². The van der Waals surface area contributed by atoms with E-state index in [1.165, 1.54) is 18.2 Å². The smallest absolute Gasteiger partial charge is 0.391 e. The van der Waals surface area contributed by atoms with Crippen LogP contribution < -0.4 is 0 Å². The molecule has 9 heteroatoms. The summed E-state index contributed by atoms with van der Waals surface area (Å²) >= 11 is 0. The number of rotatable bonds is 4. The Kier molecular flexibility index (Phi) is 4.34. The van der Waals surface area contributed by atoms with Crippen molar-refractivity contribution in [2.45, 2.75) is 18.7 Å². The van der Waals surface area contributed by atoms with Gasteiger partial charge in [0, 0.05) is 29.7 Å². The zero-order chi connectivity index (χ0) is 20.9. The van der Waals surface area contributed by atoms with Crippen molar-refractivity contribution < 1.29 is 28.2 Å². The Morgan fingerprint density at radius 3 is 2.45 bits per heavy atom. The molecule has 6 nitrogen and oxygen atoms in total. The lowest BCUT2D eigenvalue weighted by Gasteiger charge is -2.14. The van der Waals surface area contributed by atoms with Crippen LogP contribution >= 0.6 is 0 Å². The van der Waals surface area contributed by atoms with Gasteiger partial charge in [-0.25, -0.2) is 4.79 Å². The highest BCUT2D eigenvalue weighted by atomic mass is 19.4. The van der Waals surface area contributed by atoms with Crippen molar-refractivity contribution in [1.29, 1.82) is 0 Å². The molecule has 4 aromatic rings. The molecule has 2 heterocycles. The zero-order valence-electron chi connectivity index (χ0n) is 15.2. The molecule has 2 aromatic carbocycles. The van der Waals surface area contributed by atoms with Crippen LogP contribution in [0, 0.1) is 0 Å². The van der Waals surface area contributed by atoms with Crippen molar-refractivity contribution in [3.8, 4) is 5.69 Å². The van der Waals surface area contributed by atoms with Crippen molar-refractivity contribution >= 4 is 27.9 Å². The van der Waals surface area contributed by atoms with Crippen LogP contribution in [0.2, 0.25) is 0 Å². The maximum Gasteiger partial charge on any atom is 0.391 e. The van der Waals surface area contributed by atoms with Gasteiger partial charge in [0.25, 0.3) is 0 Å². The van der Waals surface area contributed by atoms with Gasteiger partial charge in [0.1, 0.15) is 0 Å². The molecule has 150 valence electrons. The molecule has 0 aliphatic heterocycles. The number of aliphatic hydroxyl groups excluding tert-OH is 1. The SMILES string of the molecule is Cn1cc2c3cc(C(=O)O)ccc3n(-c3ccc(C(O)CC(F)(F)F)cc3)c2n1. The highest BCUT2D eigenvalue weighted by Gasteiger charge is 2.31. The molecule has 0 aliphatic rings. The van der Waals surface area contributed by atoms with E-state index in [2.05, 4.69) is 5.10 Å². The van der Waals surface area contributed by atoms with E-state index in [9.17, 15) is 28.2 Å². The van der Waals surface area contributed by atoms with E-state index in [0.29, 0.717) is 16.7 Å². The van der Waals surface area contributed by atoms with Crippen LogP contribution in [0.5, 0.6) is 0 Å². The van der Waals surface area contributed by atoms with Crippen LogP contribution in [-0.2, 0) is 7.05 Å². The minimum atomic E-state index is -4.46. The first-order chi connectivity index (χ1) is 13.6. The third-order valence-corrected chi connectivity index (χ3v) is 4.76. The molecule has 0 bridgehead atoms. The summed E-state index contributed by atoms with van der Waals surface area (Å²) in [5, 5.41) is 25.0. The van der Waals surface area contributed by atoms with E-state index in [1.54, 1.807) is 46.8 Å². The lowest BCUT2D eigenvalue weighted by molar-refractivity contribution is -0.154. The predicted octanol–water partition coefficient (Wildman–Crippen LogP) is 4.20.